The molecule has 1 heterocycles. The number of benzene rings is 2. The van der Waals surface area contributed by atoms with Crippen LogP contribution in [0.25, 0.3) is 12.2 Å². The Morgan fingerprint density at radius 3 is 2.38 bits per heavy atom. The van der Waals surface area contributed by atoms with Gasteiger partial charge in [0.25, 0.3) is 5.91 Å². The summed E-state index contributed by atoms with van der Waals surface area (Å²) in [5.74, 6) is -0.0384. The highest BCUT2D eigenvalue weighted by Crippen LogP contribution is 2.33. The number of thiocarbonyl (C=S) groups is 1. The van der Waals surface area contributed by atoms with Crippen molar-refractivity contribution in [3.63, 3.8) is 0 Å². The molecule has 2 aromatic rings. The monoisotopic (exact) mass is 380 g/mol. The zero-order valence-corrected chi connectivity index (χ0v) is 16.2. The minimum atomic E-state index is -0.0384. The number of rotatable bonds is 6. The van der Waals surface area contributed by atoms with Crippen molar-refractivity contribution < 1.29 is 4.79 Å². The van der Waals surface area contributed by atoms with Crippen LogP contribution in [-0.4, -0.2) is 21.7 Å². The maximum absolute atomic E-state index is 12.7. The minimum Gasteiger partial charge on any atom is -0.385 e. The van der Waals surface area contributed by atoms with Crippen molar-refractivity contribution in [2.45, 2.75) is 13.5 Å². The summed E-state index contributed by atoms with van der Waals surface area (Å²) in [5, 5.41) is 3.26. The van der Waals surface area contributed by atoms with E-state index in [0.29, 0.717) is 15.8 Å². The van der Waals surface area contributed by atoms with Crippen molar-refractivity contribution in [2.24, 2.45) is 0 Å². The first-order valence-electron chi connectivity index (χ1n) is 8.41. The Balaban J connectivity index is 1.73. The van der Waals surface area contributed by atoms with Crippen LogP contribution in [0.3, 0.4) is 0 Å². The van der Waals surface area contributed by atoms with Crippen molar-refractivity contribution in [1.29, 1.82) is 0 Å². The van der Waals surface area contributed by atoms with E-state index in [0.717, 1.165) is 28.9 Å². The zero-order valence-electron chi connectivity index (χ0n) is 14.6. The lowest BCUT2D eigenvalue weighted by atomic mass is 10.1. The summed E-state index contributed by atoms with van der Waals surface area (Å²) in [6.07, 6.45) is 3.70. The van der Waals surface area contributed by atoms with Gasteiger partial charge in [0.15, 0.2) is 0 Å². The first-order chi connectivity index (χ1) is 12.6. The van der Waals surface area contributed by atoms with E-state index in [4.69, 9.17) is 12.2 Å². The Bertz CT molecular complexity index is 855. The number of thioether (sulfide) groups is 1. The number of anilines is 1. The second kappa shape index (κ2) is 8.34. The van der Waals surface area contributed by atoms with E-state index < -0.39 is 0 Å². The van der Waals surface area contributed by atoms with E-state index >= 15 is 0 Å². The molecule has 3 nitrogen and oxygen atoms in total. The summed E-state index contributed by atoms with van der Waals surface area (Å²) < 4.78 is 0.596. The van der Waals surface area contributed by atoms with Gasteiger partial charge in [-0.05, 0) is 41.8 Å². The Morgan fingerprint density at radius 1 is 1.12 bits per heavy atom. The van der Waals surface area contributed by atoms with Crippen LogP contribution in [0.4, 0.5) is 5.69 Å². The lowest BCUT2D eigenvalue weighted by Crippen LogP contribution is -2.27. The second-order valence-electron chi connectivity index (χ2n) is 5.87. The summed E-state index contributed by atoms with van der Waals surface area (Å²) in [6, 6.07) is 16.0. The maximum atomic E-state index is 12.7. The topological polar surface area (TPSA) is 32.3 Å². The first-order valence-corrected chi connectivity index (χ1v) is 9.64. The first kappa shape index (κ1) is 18.4. The van der Waals surface area contributed by atoms with Gasteiger partial charge in [-0.1, -0.05) is 73.0 Å². The Kier molecular flexibility index (Phi) is 5.91. The van der Waals surface area contributed by atoms with Gasteiger partial charge in [0, 0.05) is 12.2 Å². The van der Waals surface area contributed by atoms with Crippen molar-refractivity contribution >= 4 is 52.0 Å². The van der Waals surface area contributed by atoms with E-state index in [9.17, 15) is 4.79 Å². The molecule has 1 aliphatic heterocycles. The van der Waals surface area contributed by atoms with Crippen LogP contribution < -0.4 is 5.32 Å². The summed E-state index contributed by atoms with van der Waals surface area (Å²) in [4.78, 5) is 15.1. The number of hydrogen-bond acceptors (Lipinski definition) is 4. The van der Waals surface area contributed by atoms with Crippen molar-refractivity contribution in [3.05, 3.63) is 76.7 Å². The van der Waals surface area contributed by atoms with Crippen LogP contribution in [0.15, 0.2) is 60.0 Å². The van der Waals surface area contributed by atoms with Crippen LogP contribution in [0.1, 0.15) is 23.6 Å². The average Bonchev–Trinajstić information content (AvgIpc) is 2.91. The lowest BCUT2D eigenvalue weighted by molar-refractivity contribution is -0.122. The third-order valence-corrected chi connectivity index (χ3v) is 5.40. The van der Waals surface area contributed by atoms with E-state index in [1.54, 1.807) is 11.0 Å². The lowest BCUT2D eigenvalue weighted by Gasteiger charge is -2.14. The van der Waals surface area contributed by atoms with Gasteiger partial charge in [-0.25, -0.2) is 0 Å². The molecule has 5 heteroatoms. The molecular formula is C21H20N2OS2. The highest BCUT2D eigenvalue weighted by Gasteiger charge is 2.31. The molecule has 0 unspecified atom stereocenters. The molecule has 0 radical (unpaired) electrons. The molecular weight excluding hydrogens is 360 g/mol. The number of nitrogens with zero attached hydrogens (tertiary/aromatic N) is 1. The Hall–Kier alpha value is -2.37. The van der Waals surface area contributed by atoms with Gasteiger partial charge in [-0.2, -0.15) is 0 Å². The molecule has 0 atom stereocenters. The van der Waals surface area contributed by atoms with Gasteiger partial charge >= 0.3 is 0 Å². The summed E-state index contributed by atoms with van der Waals surface area (Å²) >= 11 is 6.77. The molecule has 0 spiro atoms. The number of hydrogen-bond donors (Lipinski definition) is 1. The van der Waals surface area contributed by atoms with Crippen LogP contribution in [0.2, 0.25) is 0 Å². The number of carbonyl (C=O) groups excluding carboxylic acids is 1. The predicted octanol–water partition coefficient (Wildman–Crippen LogP) is 5.16. The molecule has 1 aliphatic rings. The third kappa shape index (κ3) is 4.23. The zero-order chi connectivity index (χ0) is 18.5. The molecule has 1 fully saturated rings. The predicted molar refractivity (Wildman–Crippen MR) is 116 cm³/mol. The van der Waals surface area contributed by atoms with Crippen molar-refractivity contribution in [2.75, 3.05) is 11.9 Å². The van der Waals surface area contributed by atoms with E-state index in [1.165, 1.54) is 11.8 Å². The normalized spacial score (nSPS) is 15.6. The van der Waals surface area contributed by atoms with Crippen molar-refractivity contribution in [3.8, 4) is 0 Å². The summed E-state index contributed by atoms with van der Waals surface area (Å²) in [5.41, 5.74) is 4.16. The van der Waals surface area contributed by atoms with Gasteiger partial charge in [0.1, 0.15) is 4.32 Å². The molecule has 1 amide bonds. The molecule has 1 saturated heterocycles. The minimum absolute atomic E-state index is 0.0384. The van der Waals surface area contributed by atoms with Crippen LogP contribution >= 0.6 is 24.0 Å². The van der Waals surface area contributed by atoms with Gasteiger partial charge in [0.2, 0.25) is 0 Å². The van der Waals surface area contributed by atoms with Crippen LogP contribution in [-0.2, 0) is 11.3 Å². The Labute approximate surface area is 163 Å². The standard InChI is InChI=1S/C21H20N2OS2/c1-3-15-5-7-17(8-6-15)14-23-20(24)19(26-21(23)25)13-16-9-11-18(12-10-16)22-4-2/h3,5-13,22H,1,4,14H2,2H3. The largest absolute Gasteiger partial charge is 0.385 e. The summed E-state index contributed by atoms with van der Waals surface area (Å²) in [7, 11) is 0. The fourth-order valence-corrected chi connectivity index (χ4v) is 3.89. The SMILES string of the molecule is C=Cc1ccc(CN2C(=O)C(=Cc3ccc(NCC)cc3)SC2=S)cc1. The Morgan fingerprint density at radius 2 is 1.77 bits per heavy atom. The quantitative estimate of drug-likeness (QED) is 0.554. The second-order valence-corrected chi connectivity index (χ2v) is 7.54. The van der Waals surface area contributed by atoms with E-state index in [-0.39, 0.29) is 5.91 Å². The molecule has 3 rings (SSSR count). The van der Waals surface area contributed by atoms with Gasteiger partial charge < -0.3 is 5.32 Å². The van der Waals surface area contributed by atoms with E-state index in [1.807, 2.05) is 54.6 Å². The van der Waals surface area contributed by atoms with E-state index in [2.05, 4.69) is 18.8 Å². The highest BCUT2D eigenvalue weighted by atomic mass is 32.2. The molecule has 0 saturated carbocycles. The van der Waals surface area contributed by atoms with Crippen molar-refractivity contribution in [1.82, 2.24) is 4.90 Å². The molecule has 26 heavy (non-hydrogen) atoms. The molecule has 0 aliphatic carbocycles. The highest BCUT2D eigenvalue weighted by molar-refractivity contribution is 8.26. The smallest absolute Gasteiger partial charge is 0.266 e. The molecule has 132 valence electrons. The maximum Gasteiger partial charge on any atom is 0.266 e. The van der Waals surface area contributed by atoms with Gasteiger partial charge in [-0.3, -0.25) is 9.69 Å². The van der Waals surface area contributed by atoms with Crippen LogP contribution in [0.5, 0.6) is 0 Å². The van der Waals surface area contributed by atoms with Gasteiger partial charge in [-0.15, -0.1) is 0 Å². The molecule has 1 N–H and O–H groups in total. The van der Waals surface area contributed by atoms with Crippen LogP contribution in [0, 0.1) is 0 Å². The fourth-order valence-electron chi connectivity index (χ4n) is 2.63. The third-order valence-electron chi connectivity index (χ3n) is 4.02. The number of amides is 1. The average molecular weight is 381 g/mol. The summed E-state index contributed by atoms with van der Waals surface area (Å²) in [6.45, 7) is 7.18. The molecule has 0 aromatic heterocycles. The number of carbonyl (C=O) groups is 1. The number of nitrogens with one attached hydrogen (secondary N) is 1. The molecule has 0 bridgehead atoms. The van der Waals surface area contributed by atoms with Gasteiger partial charge in [0.05, 0.1) is 11.4 Å². The fraction of sp³-hybridized carbons (Fsp3) is 0.143. The molecule has 2 aromatic carbocycles.